The number of carbonyl (C=O) groups is 1. The molecule has 0 fully saturated rings. The van der Waals surface area contributed by atoms with Crippen LogP contribution in [0.5, 0.6) is 0 Å². The number of hydrogen-bond acceptors (Lipinski definition) is 3. The molecule has 0 saturated carbocycles. The van der Waals surface area contributed by atoms with Crippen LogP contribution in [0.15, 0.2) is 30.3 Å². The van der Waals surface area contributed by atoms with E-state index in [0.29, 0.717) is 13.0 Å². The predicted molar refractivity (Wildman–Crippen MR) is 79.7 cm³/mol. The fourth-order valence-corrected chi connectivity index (χ4v) is 2.58. The van der Waals surface area contributed by atoms with Crippen LogP contribution in [0.1, 0.15) is 24.6 Å². The van der Waals surface area contributed by atoms with Crippen molar-refractivity contribution < 1.29 is 9.90 Å². The highest BCUT2D eigenvalue weighted by Crippen LogP contribution is 2.20. The lowest BCUT2D eigenvalue weighted by Gasteiger charge is -2.24. The van der Waals surface area contributed by atoms with E-state index >= 15 is 0 Å². The summed E-state index contributed by atoms with van der Waals surface area (Å²) in [6.07, 6.45) is 0.591. The maximum Gasteiger partial charge on any atom is 0.320 e. The predicted octanol–water partition coefficient (Wildman–Crippen LogP) is 2.84. The first-order valence-electron chi connectivity index (χ1n) is 6.81. The van der Waals surface area contributed by atoms with Gasteiger partial charge in [-0.05, 0) is 38.1 Å². The molecule has 4 heteroatoms. The second kappa shape index (κ2) is 6.01. The molecule has 2 aromatic rings. The third-order valence-corrected chi connectivity index (χ3v) is 3.55. The van der Waals surface area contributed by atoms with Gasteiger partial charge in [0.05, 0.1) is 5.52 Å². The average molecular weight is 272 g/mol. The van der Waals surface area contributed by atoms with Gasteiger partial charge in [0.1, 0.15) is 6.04 Å². The third kappa shape index (κ3) is 2.96. The quantitative estimate of drug-likeness (QED) is 0.909. The molecule has 0 bridgehead atoms. The Morgan fingerprint density at radius 1 is 1.40 bits per heavy atom. The number of likely N-dealkylation sites (N-methyl/N-ethyl adjacent to an activating group) is 1. The van der Waals surface area contributed by atoms with Gasteiger partial charge in [0.2, 0.25) is 0 Å². The van der Waals surface area contributed by atoms with Gasteiger partial charge in [0.15, 0.2) is 0 Å². The lowest BCUT2D eigenvalue weighted by Crippen LogP contribution is -2.37. The molecule has 0 spiro atoms. The van der Waals surface area contributed by atoms with Crippen LogP contribution in [0.25, 0.3) is 10.9 Å². The van der Waals surface area contributed by atoms with E-state index in [1.807, 2.05) is 56.1 Å². The van der Waals surface area contributed by atoms with E-state index in [4.69, 9.17) is 0 Å². The Labute approximate surface area is 119 Å². The van der Waals surface area contributed by atoms with Crippen molar-refractivity contribution in [2.45, 2.75) is 32.9 Å². The Hall–Kier alpha value is -1.94. The Morgan fingerprint density at radius 3 is 2.75 bits per heavy atom. The zero-order chi connectivity index (χ0) is 14.7. The largest absolute Gasteiger partial charge is 0.480 e. The summed E-state index contributed by atoms with van der Waals surface area (Å²) in [6, 6.07) is 9.55. The fraction of sp³-hybridized carbons (Fsp3) is 0.375. The van der Waals surface area contributed by atoms with Gasteiger partial charge in [0.25, 0.3) is 0 Å². The molecular weight excluding hydrogens is 252 g/mol. The van der Waals surface area contributed by atoms with E-state index in [1.165, 1.54) is 0 Å². The monoisotopic (exact) mass is 272 g/mol. The molecule has 0 aliphatic heterocycles. The highest BCUT2D eigenvalue weighted by molar-refractivity contribution is 5.82. The van der Waals surface area contributed by atoms with Crippen molar-refractivity contribution in [3.8, 4) is 0 Å². The number of aliphatic carboxylic acids is 1. The van der Waals surface area contributed by atoms with Crippen molar-refractivity contribution in [3.05, 3.63) is 41.6 Å². The van der Waals surface area contributed by atoms with Gasteiger partial charge in [-0.15, -0.1) is 0 Å². The first kappa shape index (κ1) is 14.5. The minimum Gasteiger partial charge on any atom is -0.480 e. The number of nitrogens with zero attached hydrogens (tertiary/aromatic N) is 2. The van der Waals surface area contributed by atoms with E-state index in [-0.39, 0.29) is 0 Å². The third-order valence-electron chi connectivity index (χ3n) is 3.55. The first-order valence-corrected chi connectivity index (χ1v) is 6.81. The van der Waals surface area contributed by atoms with Crippen LogP contribution in [0.3, 0.4) is 0 Å². The Balaban J connectivity index is 2.36. The van der Waals surface area contributed by atoms with E-state index in [0.717, 1.165) is 22.2 Å². The number of fused-ring (bicyclic) bond motifs is 1. The van der Waals surface area contributed by atoms with Crippen LogP contribution in [0.2, 0.25) is 0 Å². The van der Waals surface area contributed by atoms with Crippen LogP contribution >= 0.6 is 0 Å². The molecule has 20 heavy (non-hydrogen) atoms. The second-order valence-corrected chi connectivity index (χ2v) is 5.12. The smallest absolute Gasteiger partial charge is 0.320 e. The second-order valence-electron chi connectivity index (χ2n) is 5.12. The zero-order valence-corrected chi connectivity index (χ0v) is 12.1. The number of para-hydroxylation sites is 1. The number of benzene rings is 1. The van der Waals surface area contributed by atoms with Gasteiger partial charge in [0, 0.05) is 17.6 Å². The number of hydrogen-bond donors (Lipinski definition) is 1. The van der Waals surface area contributed by atoms with Gasteiger partial charge in [-0.2, -0.15) is 0 Å². The summed E-state index contributed by atoms with van der Waals surface area (Å²) < 4.78 is 0. The van der Waals surface area contributed by atoms with Gasteiger partial charge >= 0.3 is 5.97 Å². The topological polar surface area (TPSA) is 53.4 Å². The molecular formula is C16H20N2O2. The molecule has 0 saturated heterocycles. The molecule has 106 valence electrons. The maximum atomic E-state index is 11.2. The molecule has 0 radical (unpaired) electrons. The summed E-state index contributed by atoms with van der Waals surface area (Å²) in [6.45, 7) is 4.46. The van der Waals surface area contributed by atoms with E-state index in [1.54, 1.807) is 0 Å². The van der Waals surface area contributed by atoms with E-state index in [9.17, 15) is 9.90 Å². The normalized spacial score (nSPS) is 12.8. The number of carboxylic acid groups (broad SMARTS) is 1. The molecule has 1 N–H and O–H groups in total. The fourth-order valence-electron chi connectivity index (χ4n) is 2.58. The number of aromatic nitrogens is 1. The molecule has 0 aliphatic rings. The molecule has 1 aromatic heterocycles. The number of carboxylic acids is 1. The summed E-state index contributed by atoms with van der Waals surface area (Å²) >= 11 is 0. The molecule has 1 aromatic carbocycles. The minimum absolute atomic E-state index is 0.456. The van der Waals surface area contributed by atoms with E-state index < -0.39 is 12.0 Å². The zero-order valence-electron chi connectivity index (χ0n) is 12.1. The number of rotatable bonds is 5. The van der Waals surface area contributed by atoms with Gasteiger partial charge < -0.3 is 5.11 Å². The van der Waals surface area contributed by atoms with Crippen molar-refractivity contribution in [1.82, 2.24) is 9.88 Å². The van der Waals surface area contributed by atoms with Crippen molar-refractivity contribution in [2.75, 3.05) is 7.05 Å². The average Bonchev–Trinajstić information content (AvgIpc) is 2.38. The van der Waals surface area contributed by atoms with Crippen molar-refractivity contribution >= 4 is 16.9 Å². The van der Waals surface area contributed by atoms with Crippen molar-refractivity contribution in [3.63, 3.8) is 0 Å². The molecule has 1 atom stereocenters. The first-order chi connectivity index (χ1) is 9.52. The number of pyridine rings is 1. The standard InChI is InChI=1S/C16H20N2O2/c1-4-15(16(19)20)18(3)10-12-9-11(2)17-14-8-6-5-7-13(12)14/h5-9,15H,4,10H2,1-3H3,(H,19,20). The van der Waals surface area contributed by atoms with E-state index in [2.05, 4.69) is 4.98 Å². The van der Waals surface area contributed by atoms with Crippen LogP contribution in [-0.4, -0.2) is 34.0 Å². The van der Waals surface area contributed by atoms with Crippen LogP contribution in [-0.2, 0) is 11.3 Å². The summed E-state index contributed by atoms with van der Waals surface area (Å²) in [7, 11) is 1.85. The molecule has 0 aliphatic carbocycles. The van der Waals surface area contributed by atoms with Crippen molar-refractivity contribution in [2.24, 2.45) is 0 Å². The summed E-state index contributed by atoms with van der Waals surface area (Å²) in [4.78, 5) is 17.6. The Bertz CT molecular complexity index is 625. The van der Waals surface area contributed by atoms with Crippen molar-refractivity contribution in [1.29, 1.82) is 0 Å². The summed E-state index contributed by atoms with van der Waals surface area (Å²) in [5, 5.41) is 10.3. The van der Waals surface area contributed by atoms with Crippen LogP contribution in [0, 0.1) is 6.92 Å². The highest BCUT2D eigenvalue weighted by atomic mass is 16.4. The molecule has 2 rings (SSSR count). The molecule has 0 amide bonds. The Kier molecular flexibility index (Phi) is 4.35. The summed E-state index contributed by atoms with van der Waals surface area (Å²) in [5.41, 5.74) is 3.03. The summed E-state index contributed by atoms with van der Waals surface area (Å²) in [5.74, 6) is -0.773. The molecule has 1 unspecified atom stereocenters. The maximum absolute atomic E-state index is 11.2. The van der Waals surface area contributed by atoms with Crippen LogP contribution in [0.4, 0.5) is 0 Å². The van der Waals surface area contributed by atoms with Crippen LogP contribution < -0.4 is 0 Å². The lowest BCUT2D eigenvalue weighted by atomic mass is 10.1. The minimum atomic E-state index is -0.773. The number of aryl methyl sites for hydroxylation is 1. The SMILES string of the molecule is CCC(C(=O)O)N(C)Cc1cc(C)nc2ccccc12. The van der Waals surface area contributed by atoms with Gasteiger partial charge in [-0.3, -0.25) is 14.7 Å². The Morgan fingerprint density at radius 2 is 2.10 bits per heavy atom. The lowest BCUT2D eigenvalue weighted by molar-refractivity contribution is -0.143. The highest BCUT2D eigenvalue weighted by Gasteiger charge is 2.21. The van der Waals surface area contributed by atoms with Gasteiger partial charge in [-0.25, -0.2) is 0 Å². The van der Waals surface area contributed by atoms with Gasteiger partial charge in [-0.1, -0.05) is 25.1 Å². The molecule has 4 nitrogen and oxygen atoms in total. The molecule has 1 heterocycles.